The van der Waals surface area contributed by atoms with Crippen LogP contribution >= 0.6 is 26.0 Å². The molecule has 0 radical (unpaired) electrons. The van der Waals surface area contributed by atoms with E-state index in [-0.39, 0.29) is 0 Å². The Balaban J connectivity index is 0.000000322. The number of rotatable bonds is 7. The van der Waals surface area contributed by atoms with Gasteiger partial charge < -0.3 is 23.6 Å². The Kier molecular flexibility index (Phi) is 16.1. The van der Waals surface area contributed by atoms with Gasteiger partial charge in [-0.3, -0.25) is 0 Å². The maximum absolute atomic E-state index is 5.04. The minimum Gasteiger partial charge on any atom is -0.0620 e. The normalized spacial score (nSPS) is 13.2. The fourth-order valence-corrected chi connectivity index (χ4v) is 11.2. The topological polar surface area (TPSA) is 0 Å². The molecule has 0 atom stereocenters. The Bertz CT molecular complexity index is 1040. The van der Waals surface area contributed by atoms with Gasteiger partial charge >= 0.3 is 26.7 Å². The van der Waals surface area contributed by atoms with E-state index in [1.54, 1.807) is 0 Å². The summed E-state index contributed by atoms with van der Waals surface area (Å²) >= 11 is 6.97. The van der Waals surface area contributed by atoms with Crippen LogP contribution in [0.5, 0.6) is 0 Å². The van der Waals surface area contributed by atoms with Gasteiger partial charge in [0.15, 0.2) is 0 Å². The summed E-state index contributed by atoms with van der Waals surface area (Å²) in [6, 6.07) is 44.5. The molecule has 1 aliphatic carbocycles. The maximum Gasteiger partial charge on any atom is 0.101 e. The van der Waals surface area contributed by atoms with Crippen LogP contribution in [0.15, 0.2) is 126 Å². The Morgan fingerprint density at radius 3 is 1.23 bits per heavy atom. The Hall–Kier alpha value is -1.46. The summed E-state index contributed by atoms with van der Waals surface area (Å²) < 4.78 is 0. The quantitative estimate of drug-likeness (QED) is 0.0854. The summed E-state index contributed by atoms with van der Waals surface area (Å²) in [6.45, 7) is 0. The molecule has 0 saturated heterocycles. The molecule has 0 bridgehead atoms. The molecule has 39 heavy (non-hydrogen) atoms. The fraction of sp³-hybridized carbons (Fsp3) is 0.235. The first-order valence-electron chi connectivity index (χ1n) is 13.7. The van der Waals surface area contributed by atoms with Crippen LogP contribution in [0.25, 0.3) is 0 Å². The minimum atomic E-state index is -0.783. The molecule has 0 aromatic heterocycles. The Morgan fingerprint density at radius 1 is 0.538 bits per heavy atom. The van der Waals surface area contributed by atoms with E-state index < -0.39 is 15.8 Å². The predicted molar refractivity (Wildman–Crippen MR) is 181 cm³/mol. The second-order valence-electron chi connectivity index (χ2n) is 9.44. The van der Waals surface area contributed by atoms with Crippen LogP contribution < -0.4 is 21.2 Å². The molecular formula is C34H39P2RhS2. The second kappa shape index (κ2) is 19.6. The molecule has 0 saturated carbocycles. The average Bonchev–Trinajstić information content (AvgIpc) is 3.00. The van der Waals surface area contributed by atoms with Crippen molar-refractivity contribution in [2.75, 3.05) is 12.3 Å². The third kappa shape index (κ3) is 11.5. The first kappa shape index (κ1) is 32.1. The molecule has 0 aliphatic heterocycles. The van der Waals surface area contributed by atoms with Crippen molar-refractivity contribution >= 4 is 59.8 Å². The van der Waals surface area contributed by atoms with Gasteiger partial charge in [0.05, 0.1) is 37.1 Å². The van der Waals surface area contributed by atoms with Crippen molar-refractivity contribution in [3.63, 3.8) is 0 Å². The van der Waals surface area contributed by atoms with Crippen molar-refractivity contribution in [2.24, 2.45) is 0 Å². The molecule has 5 heteroatoms. The zero-order valence-corrected chi connectivity index (χ0v) is 27.7. The van der Waals surface area contributed by atoms with Gasteiger partial charge in [-0.25, -0.2) is 0 Å². The Morgan fingerprint density at radius 2 is 0.872 bits per heavy atom. The van der Waals surface area contributed by atoms with Crippen LogP contribution in [0.3, 0.4) is 0 Å². The SMILES string of the molecule is [S-]C1=[C-]CCCCCC1.[S]=[RhH].c1ccc([PH+](CC[PH+](c2ccccc2)c2ccccc2)c2ccccc2)cc1. The molecule has 5 rings (SSSR count). The van der Waals surface area contributed by atoms with Crippen LogP contribution in [0.1, 0.15) is 38.5 Å². The number of hydrogen-bond acceptors (Lipinski definition) is 2. The molecule has 0 spiro atoms. The van der Waals surface area contributed by atoms with Gasteiger partial charge in [0, 0.05) is 0 Å². The summed E-state index contributed by atoms with van der Waals surface area (Å²) in [7, 11) is 2.45. The average molecular weight is 677 g/mol. The summed E-state index contributed by atoms with van der Waals surface area (Å²) in [4.78, 5) is 1.06. The molecule has 1 aliphatic rings. The van der Waals surface area contributed by atoms with Gasteiger partial charge in [-0.2, -0.15) is 6.42 Å². The van der Waals surface area contributed by atoms with Crippen LogP contribution in [-0.4, -0.2) is 12.3 Å². The number of hydrogen-bond donors (Lipinski definition) is 0. The fourth-order valence-electron chi connectivity index (χ4n) is 4.80. The summed E-state index contributed by atoms with van der Waals surface area (Å²) in [5.74, 6) is 0. The largest absolute Gasteiger partial charge is 0.101 e. The van der Waals surface area contributed by atoms with Crippen molar-refractivity contribution < 1.29 is 16.6 Å². The van der Waals surface area contributed by atoms with E-state index in [2.05, 4.69) is 138 Å². The molecule has 0 N–H and O–H groups in total. The zero-order valence-electron chi connectivity index (χ0n) is 22.4. The summed E-state index contributed by atoms with van der Waals surface area (Å²) in [5.41, 5.74) is 0. The Labute approximate surface area is 257 Å². The molecule has 4 aromatic rings. The molecule has 0 heterocycles. The molecule has 0 amide bonds. The molecule has 0 unspecified atom stereocenters. The van der Waals surface area contributed by atoms with Gasteiger partial charge in [-0.1, -0.05) is 105 Å². The van der Waals surface area contributed by atoms with E-state index in [4.69, 9.17) is 12.6 Å². The minimum absolute atomic E-state index is 0.783. The predicted octanol–water partition coefficient (Wildman–Crippen LogP) is 7.67. The van der Waals surface area contributed by atoms with E-state index in [1.807, 2.05) is 16.6 Å². The monoisotopic (exact) mass is 676 g/mol. The molecule has 4 aromatic carbocycles. The van der Waals surface area contributed by atoms with Gasteiger partial charge in [0.1, 0.15) is 12.3 Å². The van der Waals surface area contributed by atoms with Crippen LogP contribution in [-0.2, 0) is 29.2 Å². The molecule has 0 nitrogen and oxygen atoms in total. The summed E-state index contributed by atoms with van der Waals surface area (Å²) in [5, 5.41) is 6.06. The van der Waals surface area contributed by atoms with Crippen LogP contribution in [0.2, 0.25) is 0 Å². The van der Waals surface area contributed by atoms with E-state index in [0.717, 1.165) is 17.7 Å². The second-order valence-corrected chi connectivity index (χ2v) is 15.2. The first-order chi connectivity index (χ1) is 19.3. The van der Waals surface area contributed by atoms with Crippen molar-refractivity contribution in [2.45, 2.75) is 38.5 Å². The van der Waals surface area contributed by atoms with E-state index in [0.29, 0.717) is 0 Å². The van der Waals surface area contributed by atoms with Gasteiger partial charge in [-0.15, -0.1) is 0 Å². The van der Waals surface area contributed by atoms with Crippen molar-refractivity contribution in [1.82, 2.24) is 0 Å². The van der Waals surface area contributed by atoms with Gasteiger partial charge in [0.25, 0.3) is 0 Å². The standard InChI is InChI=1S/C26H24P2.C8H13S.Rh.S.H/c1-5-13-23(14-6-1)27(24-15-7-2-8-16-24)21-22-28(25-17-9-3-10-18-25)26-19-11-4-12-20-26;9-8-6-4-2-1-3-5-7-8;;;/h1-20H,21-22H2;9H,1-6H2;;;/q;-1;;;/p+1. The van der Waals surface area contributed by atoms with Crippen molar-refractivity contribution in [1.29, 1.82) is 0 Å². The summed E-state index contributed by atoms with van der Waals surface area (Å²) in [6.07, 6.45) is 13.2. The number of benzene rings is 4. The third-order valence-electron chi connectivity index (χ3n) is 6.77. The molecule has 0 fully saturated rings. The van der Waals surface area contributed by atoms with Crippen molar-refractivity contribution in [3.8, 4) is 0 Å². The van der Waals surface area contributed by atoms with E-state index in [9.17, 15) is 0 Å². The number of allylic oxidation sites excluding steroid dienone is 2. The first-order valence-corrected chi connectivity index (χ1v) is 19.9. The van der Waals surface area contributed by atoms with E-state index in [1.165, 1.54) is 59.2 Å². The van der Waals surface area contributed by atoms with Gasteiger partial charge in [0.2, 0.25) is 0 Å². The molecule has 206 valence electrons. The maximum atomic E-state index is 5.04. The smallest absolute Gasteiger partial charge is 0.0620 e. The van der Waals surface area contributed by atoms with Crippen molar-refractivity contribution in [3.05, 3.63) is 132 Å². The third-order valence-corrected chi connectivity index (χ3v) is 13.2. The van der Waals surface area contributed by atoms with Gasteiger partial charge in [-0.05, 0) is 48.5 Å². The zero-order chi connectivity index (χ0) is 27.5. The molecular weight excluding hydrogens is 637 g/mol. The van der Waals surface area contributed by atoms with E-state index >= 15 is 0 Å². The van der Waals surface area contributed by atoms with Crippen LogP contribution in [0, 0.1) is 6.08 Å². The van der Waals surface area contributed by atoms with Crippen LogP contribution in [0.4, 0.5) is 0 Å².